The van der Waals surface area contributed by atoms with E-state index in [-0.39, 0.29) is 4.90 Å². The van der Waals surface area contributed by atoms with Crippen LogP contribution >= 0.6 is 0 Å². The quantitative estimate of drug-likeness (QED) is 0.744. The third-order valence-electron chi connectivity index (χ3n) is 3.39. The molecule has 5 nitrogen and oxygen atoms in total. The maximum Gasteiger partial charge on any atom is 0.257 e. The number of benzene rings is 2. The molecule has 0 atom stereocenters. The molecule has 2 aromatic carbocycles. The Morgan fingerprint density at radius 2 is 1.62 bits per heavy atom. The van der Waals surface area contributed by atoms with Crippen LogP contribution in [0.3, 0.4) is 0 Å². The van der Waals surface area contributed by atoms with Crippen LogP contribution in [0.15, 0.2) is 65.2 Å². The maximum absolute atomic E-state index is 12.1. The first-order valence-corrected chi connectivity index (χ1v) is 7.96. The summed E-state index contributed by atoms with van der Waals surface area (Å²) >= 11 is 0. The Hall–Kier alpha value is -2.31. The van der Waals surface area contributed by atoms with E-state index >= 15 is 0 Å². The Morgan fingerprint density at radius 1 is 0.952 bits per heavy atom. The molecule has 0 bridgehead atoms. The summed E-state index contributed by atoms with van der Waals surface area (Å²) in [7, 11) is -3.61. The Bertz CT molecular complexity index is 799. The van der Waals surface area contributed by atoms with Gasteiger partial charge in [0.05, 0.1) is 16.3 Å². The third kappa shape index (κ3) is 2.63. The fraction of sp³-hybridized carbons (Fsp3) is 0.0667. The minimum Gasteiger partial charge on any atom is -0.397 e. The number of sulfonamides is 1. The second-order valence-electron chi connectivity index (χ2n) is 4.77. The van der Waals surface area contributed by atoms with Crippen LogP contribution < -0.4 is 16.0 Å². The van der Waals surface area contributed by atoms with Gasteiger partial charge in [-0.2, -0.15) is 0 Å². The number of rotatable bonds is 4. The summed E-state index contributed by atoms with van der Waals surface area (Å²) in [5.41, 5.74) is 12.0. The number of hydrogen-bond donors (Lipinski definition) is 3. The Labute approximate surface area is 123 Å². The van der Waals surface area contributed by atoms with Crippen molar-refractivity contribution in [2.45, 2.75) is 11.3 Å². The van der Waals surface area contributed by atoms with Crippen molar-refractivity contribution in [3.05, 3.63) is 71.4 Å². The van der Waals surface area contributed by atoms with Crippen molar-refractivity contribution < 1.29 is 8.42 Å². The summed E-state index contributed by atoms with van der Waals surface area (Å²) in [6, 6.07) is 15.9. The Kier molecular flexibility index (Phi) is 3.40. The molecule has 1 aliphatic rings. The van der Waals surface area contributed by atoms with Gasteiger partial charge in [-0.1, -0.05) is 42.5 Å². The Morgan fingerprint density at radius 3 is 2.33 bits per heavy atom. The van der Waals surface area contributed by atoms with E-state index in [4.69, 9.17) is 5.73 Å². The van der Waals surface area contributed by atoms with E-state index in [1.54, 1.807) is 18.2 Å². The van der Waals surface area contributed by atoms with Crippen LogP contribution in [0.25, 0.3) is 5.70 Å². The second-order valence-corrected chi connectivity index (χ2v) is 6.45. The van der Waals surface area contributed by atoms with Crippen molar-refractivity contribution in [2.75, 3.05) is 0 Å². The normalized spacial score (nSPS) is 14.1. The highest BCUT2D eigenvalue weighted by Crippen LogP contribution is 2.27. The topological polar surface area (TPSA) is 84.2 Å². The molecule has 0 heterocycles. The summed E-state index contributed by atoms with van der Waals surface area (Å²) < 4.78 is 24.3. The van der Waals surface area contributed by atoms with E-state index in [0.717, 1.165) is 11.1 Å². The van der Waals surface area contributed by atoms with Crippen molar-refractivity contribution >= 4 is 15.7 Å². The highest BCUT2D eigenvalue weighted by molar-refractivity contribution is 7.89. The van der Waals surface area contributed by atoms with Gasteiger partial charge in [0, 0.05) is 12.0 Å². The van der Waals surface area contributed by atoms with Gasteiger partial charge in [-0.15, -0.1) is 4.83 Å². The van der Waals surface area contributed by atoms with Crippen LogP contribution in [0.1, 0.15) is 11.1 Å². The summed E-state index contributed by atoms with van der Waals surface area (Å²) in [4.78, 5) is 2.57. The summed E-state index contributed by atoms with van der Waals surface area (Å²) in [5, 5.41) is 0. The molecule has 108 valence electrons. The van der Waals surface area contributed by atoms with Crippen molar-refractivity contribution in [1.82, 2.24) is 10.3 Å². The van der Waals surface area contributed by atoms with Gasteiger partial charge in [0.15, 0.2) is 0 Å². The van der Waals surface area contributed by atoms with Crippen molar-refractivity contribution in [1.29, 1.82) is 0 Å². The minimum absolute atomic E-state index is 0.201. The molecule has 2 aromatic rings. The SMILES string of the molecule is NC1=C(NNS(=O)(=O)c2ccccc2)Cc2ccccc21. The van der Waals surface area contributed by atoms with Crippen molar-refractivity contribution in [3.8, 4) is 0 Å². The monoisotopic (exact) mass is 301 g/mol. The average Bonchev–Trinajstić information content (AvgIpc) is 2.83. The largest absolute Gasteiger partial charge is 0.397 e. The fourth-order valence-corrected chi connectivity index (χ4v) is 3.18. The second kappa shape index (κ2) is 5.23. The van der Waals surface area contributed by atoms with Crippen LogP contribution in [-0.2, 0) is 16.4 Å². The van der Waals surface area contributed by atoms with E-state index in [0.29, 0.717) is 17.8 Å². The van der Waals surface area contributed by atoms with Gasteiger partial charge in [-0.25, -0.2) is 8.42 Å². The number of hydrogen-bond acceptors (Lipinski definition) is 4. The van der Waals surface area contributed by atoms with Crippen molar-refractivity contribution in [2.24, 2.45) is 5.73 Å². The average molecular weight is 301 g/mol. The lowest BCUT2D eigenvalue weighted by atomic mass is 10.1. The molecule has 3 rings (SSSR count). The van der Waals surface area contributed by atoms with Gasteiger partial charge in [-0.05, 0) is 17.7 Å². The molecule has 1 aliphatic carbocycles. The van der Waals surface area contributed by atoms with E-state index in [1.807, 2.05) is 24.3 Å². The van der Waals surface area contributed by atoms with Gasteiger partial charge in [0.1, 0.15) is 0 Å². The molecule has 0 aromatic heterocycles. The highest BCUT2D eigenvalue weighted by atomic mass is 32.2. The smallest absolute Gasteiger partial charge is 0.257 e. The zero-order valence-electron chi connectivity index (χ0n) is 11.2. The molecule has 0 unspecified atom stereocenters. The van der Waals surface area contributed by atoms with Gasteiger partial charge in [0.2, 0.25) is 0 Å². The standard InChI is InChI=1S/C15H15N3O2S/c16-15-13-9-5-4-6-11(13)10-14(15)17-18-21(19,20)12-7-2-1-3-8-12/h1-9,17-18H,10,16H2. The number of allylic oxidation sites excluding steroid dienone is 1. The van der Waals surface area contributed by atoms with E-state index in [2.05, 4.69) is 10.3 Å². The van der Waals surface area contributed by atoms with Crippen LogP contribution in [0.4, 0.5) is 0 Å². The zero-order valence-corrected chi connectivity index (χ0v) is 12.0. The summed E-state index contributed by atoms with van der Waals surface area (Å²) in [6.45, 7) is 0. The lowest BCUT2D eigenvalue weighted by molar-refractivity contribution is 0.570. The highest BCUT2D eigenvalue weighted by Gasteiger charge is 2.20. The number of nitrogens with two attached hydrogens (primary N) is 1. The predicted molar refractivity (Wildman–Crippen MR) is 81.2 cm³/mol. The van der Waals surface area contributed by atoms with E-state index in [9.17, 15) is 8.42 Å². The van der Waals surface area contributed by atoms with Gasteiger partial charge >= 0.3 is 0 Å². The molecule has 0 radical (unpaired) electrons. The van der Waals surface area contributed by atoms with Gasteiger partial charge in [0.25, 0.3) is 10.0 Å². The van der Waals surface area contributed by atoms with Crippen LogP contribution in [0.2, 0.25) is 0 Å². The van der Waals surface area contributed by atoms with Crippen LogP contribution in [0, 0.1) is 0 Å². The minimum atomic E-state index is -3.61. The molecule has 0 fully saturated rings. The molecule has 21 heavy (non-hydrogen) atoms. The molecular formula is C15H15N3O2S. The lowest BCUT2D eigenvalue weighted by Crippen LogP contribution is -2.37. The molecule has 0 saturated carbocycles. The summed E-state index contributed by atoms with van der Waals surface area (Å²) in [6.07, 6.45) is 0.583. The molecular weight excluding hydrogens is 286 g/mol. The third-order valence-corrected chi connectivity index (χ3v) is 4.65. The molecule has 6 heteroatoms. The number of fused-ring (bicyclic) bond motifs is 1. The van der Waals surface area contributed by atoms with Gasteiger partial charge < -0.3 is 11.2 Å². The van der Waals surface area contributed by atoms with Crippen molar-refractivity contribution in [3.63, 3.8) is 0 Å². The van der Waals surface area contributed by atoms with Crippen LogP contribution in [-0.4, -0.2) is 8.42 Å². The molecule has 0 aliphatic heterocycles. The zero-order chi connectivity index (χ0) is 14.9. The first-order chi connectivity index (χ1) is 10.1. The Balaban J connectivity index is 1.77. The number of nitrogens with one attached hydrogen (secondary N) is 2. The number of hydrazine groups is 1. The van der Waals surface area contributed by atoms with E-state index < -0.39 is 10.0 Å². The molecule has 0 saturated heterocycles. The first kappa shape index (κ1) is 13.7. The lowest BCUT2D eigenvalue weighted by Gasteiger charge is -2.11. The maximum atomic E-state index is 12.1. The van der Waals surface area contributed by atoms with Crippen LogP contribution in [0.5, 0.6) is 0 Å². The predicted octanol–water partition coefficient (Wildman–Crippen LogP) is 1.35. The van der Waals surface area contributed by atoms with Gasteiger partial charge in [-0.3, -0.25) is 0 Å². The molecule has 0 amide bonds. The molecule has 4 N–H and O–H groups in total. The molecule has 0 spiro atoms. The summed E-state index contributed by atoms with van der Waals surface area (Å²) in [5.74, 6) is 0. The van der Waals surface area contributed by atoms with E-state index in [1.165, 1.54) is 12.1 Å². The first-order valence-electron chi connectivity index (χ1n) is 6.48. The fourth-order valence-electron chi connectivity index (χ4n) is 2.28.